The molecule has 1 aliphatic heterocycles. The van der Waals surface area contributed by atoms with Gasteiger partial charge < -0.3 is 10.4 Å². The van der Waals surface area contributed by atoms with Crippen molar-refractivity contribution in [3.8, 4) is 0 Å². The van der Waals surface area contributed by atoms with Crippen molar-refractivity contribution in [2.75, 3.05) is 0 Å². The van der Waals surface area contributed by atoms with E-state index in [2.05, 4.69) is 34.6 Å². The number of rotatable bonds is 6. The van der Waals surface area contributed by atoms with Gasteiger partial charge in [0.15, 0.2) is 9.92 Å². The highest BCUT2D eigenvalue weighted by Gasteiger charge is 2.25. The number of thiazole rings is 1. The van der Waals surface area contributed by atoms with Gasteiger partial charge in [-0.1, -0.05) is 6.92 Å². The van der Waals surface area contributed by atoms with Gasteiger partial charge in [-0.15, -0.1) is 15.7 Å². The maximum atomic E-state index is 13.1. The van der Waals surface area contributed by atoms with Crippen LogP contribution in [-0.4, -0.2) is 31.2 Å². The standard InChI is InChI=1S/C24H31N5O3S2/c1-5-16-14(2)26-10-9-17(16)18-11-15-7-6-8-19(15)28-20(18)12-21(30)29-34(25,32)22-13-27-23(33-22)24(3,4)31/h9-11,13-14,26,31H,5-8,12H2,1-4H3,(H2,25,29,30,32). The highest BCUT2D eigenvalue weighted by atomic mass is 32.2. The van der Waals surface area contributed by atoms with Crippen molar-refractivity contribution >= 4 is 32.7 Å². The third-order valence-corrected chi connectivity index (χ3v) is 9.35. The molecule has 182 valence electrons. The lowest BCUT2D eigenvalue weighted by Gasteiger charge is -2.24. The van der Waals surface area contributed by atoms with Crippen LogP contribution in [0.4, 0.5) is 0 Å². The van der Waals surface area contributed by atoms with Gasteiger partial charge in [-0.2, -0.15) is 0 Å². The van der Waals surface area contributed by atoms with Crippen molar-refractivity contribution in [3.05, 3.63) is 57.6 Å². The molecule has 1 amide bonds. The van der Waals surface area contributed by atoms with Crippen LogP contribution in [0.1, 0.15) is 68.1 Å². The number of hydrogen-bond donors (Lipinski definition) is 3. The predicted molar refractivity (Wildman–Crippen MR) is 134 cm³/mol. The molecule has 2 aromatic rings. The number of aryl methyl sites for hydroxylation is 2. The molecular weight excluding hydrogens is 470 g/mol. The normalized spacial score (nSPS) is 19.5. The molecule has 0 radical (unpaired) electrons. The fourth-order valence-electron chi connectivity index (χ4n) is 4.41. The number of amides is 1. The number of hydrogen-bond acceptors (Lipinski definition) is 7. The van der Waals surface area contributed by atoms with E-state index in [4.69, 9.17) is 10.1 Å². The number of aromatic nitrogens is 2. The Morgan fingerprint density at radius 1 is 1.41 bits per heavy atom. The lowest BCUT2D eigenvalue weighted by molar-refractivity contribution is -0.117. The molecule has 2 atom stereocenters. The first kappa shape index (κ1) is 24.7. The molecule has 0 saturated carbocycles. The zero-order chi connectivity index (χ0) is 24.7. The van der Waals surface area contributed by atoms with Crippen molar-refractivity contribution in [2.24, 2.45) is 9.50 Å². The van der Waals surface area contributed by atoms with Crippen molar-refractivity contribution in [3.63, 3.8) is 0 Å². The molecule has 2 aliphatic rings. The Morgan fingerprint density at radius 3 is 2.85 bits per heavy atom. The van der Waals surface area contributed by atoms with Crippen LogP contribution in [0.25, 0.3) is 5.57 Å². The second-order valence-corrected chi connectivity index (χ2v) is 12.3. The Balaban J connectivity index is 1.71. The van der Waals surface area contributed by atoms with E-state index in [-0.39, 0.29) is 16.7 Å². The summed E-state index contributed by atoms with van der Waals surface area (Å²) in [5, 5.41) is 19.8. The van der Waals surface area contributed by atoms with Gasteiger partial charge in [0.05, 0.1) is 18.3 Å². The average molecular weight is 502 g/mol. The third-order valence-electron chi connectivity index (χ3n) is 6.12. The van der Waals surface area contributed by atoms with Crippen molar-refractivity contribution in [1.29, 1.82) is 0 Å². The highest BCUT2D eigenvalue weighted by molar-refractivity contribution is 7.93. The van der Waals surface area contributed by atoms with E-state index in [0.717, 1.165) is 53.9 Å². The minimum atomic E-state index is -3.49. The van der Waals surface area contributed by atoms with E-state index < -0.39 is 21.4 Å². The van der Waals surface area contributed by atoms with Crippen LogP contribution in [0.3, 0.4) is 0 Å². The van der Waals surface area contributed by atoms with E-state index in [1.54, 1.807) is 13.8 Å². The van der Waals surface area contributed by atoms with Crippen molar-refractivity contribution in [2.45, 2.75) is 75.7 Å². The minimum Gasteiger partial charge on any atom is -0.385 e. The zero-order valence-electron chi connectivity index (χ0n) is 19.9. The SMILES string of the molecule is CCC1=C(c2cc3c(nc2CC(=O)N=S(N)(=O)c2cnc(C(C)(C)O)s2)CCC3)C=CNC1C. The number of aliphatic hydroxyl groups is 1. The zero-order valence-corrected chi connectivity index (χ0v) is 21.6. The molecule has 10 heteroatoms. The summed E-state index contributed by atoms with van der Waals surface area (Å²) in [4.78, 5) is 21.9. The molecule has 0 fully saturated rings. The predicted octanol–water partition coefficient (Wildman–Crippen LogP) is 3.39. The van der Waals surface area contributed by atoms with Gasteiger partial charge in [0.25, 0.3) is 5.91 Å². The lowest BCUT2D eigenvalue weighted by Crippen LogP contribution is -2.26. The Labute approximate surface area is 204 Å². The quantitative estimate of drug-likeness (QED) is 0.556. The summed E-state index contributed by atoms with van der Waals surface area (Å²) in [5.41, 5.74) is 4.92. The Bertz CT molecular complexity index is 1310. The number of nitrogens with zero attached hydrogens (tertiary/aromatic N) is 3. The van der Waals surface area contributed by atoms with Gasteiger partial charge in [-0.05, 0) is 81.5 Å². The van der Waals surface area contributed by atoms with Crippen LogP contribution >= 0.6 is 11.3 Å². The molecule has 8 nitrogen and oxygen atoms in total. The van der Waals surface area contributed by atoms with Crippen molar-refractivity contribution in [1.82, 2.24) is 15.3 Å². The number of carbonyl (C=O) groups is 1. The molecule has 0 aromatic carbocycles. The van der Waals surface area contributed by atoms with Gasteiger partial charge in [0.1, 0.15) is 14.8 Å². The molecule has 3 heterocycles. The number of fused-ring (bicyclic) bond motifs is 1. The minimum absolute atomic E-state index is 0.0932. The number of carbonyl (C=O) groups excluding carboxylic acids is 1. The molecule has 34 heavy (non-hydrogen) atoms. The number of allylic oxidation sites excluding steroid dienone is 2. The van der Waals surface area contributed by atoms with E-state index in [9.17, 15) is 14.1 Å². The van der Waals surface area contributed by atoms with Crippen LogP contribution in [0.5, 0.6) is 0 Å². The molecule has 0 bridgehead atoms. The van der Waals surface area contributed by atoms with E-state index >= 15 is 0 Å². The molecule has 4 rings (SSSR count). The summed E-state index contributed by atoms with van der Waals surface area (Å²) >= 11 is 0.994. The first-order chi connectivity index (χ1) is 16.0. The van der Waals surface area contributed by atoms with Crippen molar-refractivity contribution < 1.29 is 14.1 Å². The Morgan fingerprint density at radius 2 is 2.18 bits per heavy atom. The third kappa shape index (κ3) is 5.00. The van der Waals surface area contributed by atoms with Gasteiger partial charge in [-0.3, -0.25) is 9.78 Å². The molecule has 2 unspecified atom stereocenters. The molecule has 4 N–H and O–H groups in total. The molecule has 2 aromatic heterocycles. The smallest absolute Gasteiger partial charge is 0.261 e. The molecule has 0 saturated heterocycles. The van der Waals surface area contributed by atoms with Crippen LogP contribution in [0, 0.1) is 0 Å². The summed E-state index contributed by atoms with van der Waals surface area (Å²) in [5.74, 6) is -0.595. The van der Waals surface area contributed by atoms with E-state index in [1.807, 2.05) is 12.3 Å². The topological polar surface area (TPSA) is 131 Å². The first-order valence-corrected chi connectivity index (χ1v) is 13.8. The lowest BCUT2D eigenvalue weighted by atomic mass is 9.89. The second-order valence-electron chi connectivity index (χ2n) is 9.23. The second kappa shape index (κ2) is 9.33. The Hall–Kier alpha value is -2.40. The van der Waals surface area contributed by atoms with E-state index in [0.29, 0.717) is 10.7 Å². The Kier molecular flexibility index (Phi) is 6.78. The first-order valence-electron chi connectivity index (χ1n) is 11.4. The van der Waals surface area contributed by atoms with Crippen LogP contribution in [-0.2, 0) is 39.6 Å². The van der Waals surface area contributed by atoms with E-state index in [1.165, 1.54) is 17.3 Å². The molecular formula is C24H31N5O3S2. The summed E-state index contributed by atoms with van der Waals surface area (Å²) in [7, 11) is -3.49. The maximum absolute atomic E-state index is 13.1. The number of dihydropyridines is 1. The van der Waals surface area contributed by atoms with Gasteiger partial charge in [0.2, 0.25) is 0 Å². The molecule has 1 aliphatic carbocycles. The van der Waals surface area contributed by atoms with Gasteiger partial charge in [-0.25, -0.2) is 14.3 Å². The maximum Gasteiger partial charge on any atom is 0.261 e. The number of pyridine rings is 1. The number of nitrogens with one attached hydrogen (secondary N) is 1. The monoisotopic (exact) mass is 501 g/mol. The fourth-order valence-corrected chi connectivity index (χ4v) is 6.55. The summed E-state index contributed by atoms with van der Waals surface area (Å²) < 4.78 is 17.1. The fraction of sp³-hybridized carbons (Fsp3) is 0.458. The highest BCUT2D eigenvalue weighted by Crippen LogP contribution is 2.33. The average Bonchev–Trinajstić information content (AvgIpc) is 3.42. The summed E-state index contributed by atoms with van der Waals surface area (Å²) in [6.07, 6.45) is 8.96. The van der Waals surface area contributed by atoms with Crippen LogP contribution in [0.15, 0.2) is 38.7 Å². The van der Waals surface area contributed by atoms with Crippen LogP contribution < -0.4 is 10.5 Å². The summed E-state index contributed by atoms with van der Waals surface area (Å²) in [6.45, 7) is 7.39. The van der Waals surface area contributed by atoms with Gasteiger partial charge >= 0.3 is 0 Å². The largest absolute Gasteiger partial charge is 0.385 e. The van der Waals surface area contributed by atoms with Crippen LogP contribution in [0.2, 0.25) is 0 Å². The number of nitrogens with two attached hydrogens (primary N) is 1. The summed E-state index contributed by atoms with van der Waals surface area (Å²) in [6, 6.07) is 2.34. The van der Waals surface area contributed by atoms with Gasteiger partial charge in [0, 0.05) is 17.3 Å². The molecule has 0 spiro atoms.